The van der Waals surface area contributed by atoms with Crippen molar-refractivity contribution in [3.05, 3.63) is 29.3 Å². The summed E-state index contributed by atoms with van der Waals surface area (Å²) in [5, 5.41) is 8.68. The van der Waals surface area contributed by atoms with Crippen LogP contribution in [0.2, 0.25) is 0 Å². The Labute approximate surface area is 70.3 Å². The molecule has 0 aliphatic rings. The Bertz CT molecular complexity index is 294. The highest BCUT2D eigenvalue weighted by Gasteiger charge is 2.04. The van der Waals surface area contributed by atoms with Gasteiger partial charge in [-0.1, -0.05) is 6.07 Å². The van der Waals surface area contributed by atoms with Gasteiger partial charge in [0, 0.05) is 5.56 Å². The van der Waals surface area contributed by atoms with Crippen LogP contribution in [0.4, 0.5) is 0 Å². The summed E-state index contributed by atoms with van der Waals surface area (Å²) in [6, 6.07) is 4.62. The minimum atomic E-state index is -0.321. The third-order valence-electron chi connectivity index (χ3n) is 1.45. The van der Waals surface area contributed by atoms with Crippen molar-refractivity contribution in [3.63, 3.8) is 0 Å². The van der Waals surface area contributed by atoms with Crippen LogP contribution in [0.5, 0.6) is 5.75 Å². The van der Waals surface area contributed by atoms with E-state index in [1.807, 2.05) is 0 Å². The molecule has 0 radical (unpaired) electrons. The second-order valence-electron chi connectivity index (χ2n) is 2.30. The molecule has 1 rings (SSSR count). The Kier molecular flexibility index (Phi) is 2.19. The maximum absolute atomic E-state index is 10.8. The van der Waals surface area contributed by atoms with Crippen LogP contribution in [0.1, 0.15) is 15.9 Å². The van der Waals surface area contributed by atoms with E-state index in [9.17, 15) is 4.79 Å². The van der Waals surface area contributed by atoms with E-state index >= 15 is 0 Å². The summed E-state index contributed by atoms with van der Waals surface area (Å²) in [5.41, 5.74) is 1.27. The highest BCUT2D eigenvalue weighted by Crippen LogP contribution is 2.16. The Morgan fingerprint density at radius 1 is 1.55 bits per heavy atom. The van der Waals surface area contributed by atoms with Crippen molar-refractivity contribution in [2.75, 3.05) is 0 Å². The molecule has 1 N–H and O–H groups in total. The van der Waals surface area contributed by atoms with Crippen LogP contribution in [0.15, 0.2) is 18.2 Å². The minimum absolute atomic E-state index is 0.0907. The summed E-state index contributed by atoms with van der Waals surface area (Å²) in [6.07, 6.45) is 0. The SMILES string of the molecule is Cc1ccc(O)cc1C(=O)S. The van der Waals surface area contributed by atoms with Crippen molar-refractivity contribution in [1.29, 1.82) is 0 Å². The third-order valence-corrected chi connectivity index (χ3v) is 1.69. The number of phenols is 1. The molecule has 11 heavy (non-hydrogen) atoms. The first-order valence-electron chi connectivity index (χ1n) is 3.14. The predicted molar refractivity (Wildman–Crippen MR) is 46.2 cm³/mol. The number of hydrogen-bond acceptors (Lipinski definition) is 2. The van der Waals surface area contributed by atoms with Gasteiger partial charge in [0.25, 0.3) is 0 Å². The fourth-order valence-electron chi connectivity index (χ4n) is 0.840. The van der Waals surface area contributed by atoms with Gasteiger partial charge in [-0.3, -0.25) is 4.79 Å². The number of phenolic OH excluding ortho intramolecular Hbond substituents is 1. The predicted octanol–water partition coefficient (Wildman–Crippen LogP) is 1.77. The maximum atomic E-state index is 10.8. The highest BCUT2D eigenvalue weighted by molar-refractivity contribution is 7.97. The first-order chi connectivity index (χ1) is 5.11. The van der Waals surface area contributed by atoms with E-state index in [2.05, 4.69) is 12.6 Å². The van der Waals surface area contributed by atoms with Gasteiger partial charge in [0.05, 0.1) is 0 Å². The van der Waals surface area contributed by atoms with Crippen molar-refractivity contribution in [2.24, 2.45) is 0 Å². The number of carbonyl (C=O) groups excluding carboxylic acids is 1. The summed E-state index contributed by atoms with van der Waals surface area (Å²) in [4.78, 5) is 10.8. The molecule has 0 atom stereocenters. The molecule has 0 aliphatic carbocycles. The number of hydrogen-bond donors (Lipinski definition) is 2. The zero-order chi connectivity index (χ0) is 8.43. The van der Waals surface area contributed by atoms with Gasteiger partial charge in [-0.05, 0) is 24.6 Å². The minimum Gasteiger partial charge on any atom is -0.508 e. The van der Waals surface area contributed by atoms with Crippen LogP contribution in [0, 0.1) is 6.92 Å². The molecule has 3 heteroatoms. The van der Waals surface area contributed by atoms with Crippen molar-refractivity contribution >= 4 is 17.7 Å². The lowest BCUT2D eigenvalue weighted by Crippen LogP contribution is -1.91. The summed E-state index contributed by atoms with van der Waals surface area (Å²) in [5.74, 6) is 0.0907. The number of thiol groups is 1. The van der Waals surface area contributed by atoms with Crippen LogP contribution >= 0.6 is 12.6 Å². The Hall–Kier alpha value is -0.960. The number of rotatable bonds is 1. The van der Waals surface area contributed by atoms with E-state index in [0.717, 1.165) is 5.56 Å². The van der Waals surface area contributed by atoms with E-state index in [0.29, 0.717) is 5.56 Å². The molecule has 0 heterocycles. The van der Waals surface area contributed by atoms with E-state index in [-0.39, 0.29) is 10.9 Å². The third kappa shape index (κ3) is 1.74. The van der Waals surface area contributed by atoms with Gasteiger partial charge in [-0.2, -0.15) is 0 Å². The first kappa shape index (κ1) is 8.14. The molecule has 0 bridgehead atoms. The highest BCUT2D eigenvalue weighted by atomic mass is 32.1. The van der Waals surface area contributed by atoms with Crippen molar-refractivity contribution in [3.8, 4) is 5.75 Å². The maximum Gasteiger partial charge on any atom is 0.216 e. The lowest BCUT2D eigenvalue weighted by Gasteiger charge is -2.00. The van der Waals surface area contributed by atoms with Crippen LogP contribution < -0.4 is 0 Å². The van der Waals surface area contributed by atoms with Gasteiger partial charge in [0.2, 0.25) is 5.12 Å². The van der Waals surface area contributed by atoms with E-state index in [1.54, 1.807) is 13.0 Å². The monoisotopic (exact) mass is 168 g/mol. The molecule has 58 valence electrons. The Morgan fingerprint density at radius 3 is 2.64 bits per heavy atom. The summed E-state index contributed by atoms with van der Waals surface area (Å²) < 4.78 is 0. The summed E-state index contributed by atoms with van der Waals surface area (Å²) in [7, 11) is 0. The Morgan fingerprint density at radius 2 is 2.18 bits per heavy atom. The first-order valence-corrected chi connectivity index (χ1v) is 3.59. The van der Waals surface area contributed by atoms with Crippen LogP contribution in [-0.4, -0.2) is 10.2 Å². The fraction of sp³-hybridized carbons (Fsp3) is 0.125. The largest absolute Gasteiger partial charge is 0.508 e. The molecule has 0 fully saturated rings. The van der Waals surface area contributed by atoms with Crippen molar-refractivity contribution in [1.82, 2.24) is 0 Å². The summed E-state index contributed by atoms with van der Waals surface area (Å²) in [6.45, 7) is 1.79. The molecule has 0 saturated carbocycles. The molecular formula is C8H8O2S. The number of aryl methyl sites for hydroxylation is 1. The fourth-order valence-corrected chi connectivity index (χ4v) is 1.08. The topological polar surface area (TPSA) is 37.3 Å². The van der Waals surface area contributed by atoms with E-state index in [1.165, 1.54) is 12.1 Å². The second kappa shape index (κ2) is 2.96. The summed E-state index contributed by atoms with van der Waals surface area (Å²) >= 11 is 3.65. The van der Waals surface area contributed by atoms with Gasteiger partial charge in [-0.15, -0.1) is 12.6 Å². The molecule has 0 amide bonds. The smallest absolute Gasteiger partial charge is 0.216 e. The molecule has 0 aliphatic heterocycles. The lowest BCUT2D eigenvalue weighted by atomic mass is 10.1. The van der Waals surface area contributed by atoms with Crippen molar-refractivity contribution < 1.29 is 9.90 Å². The quantitative estimate of drug-likeness (QED) is 0.627. The zero-order valence-electron chi connectivity index (χ0n) is 6.03. The number of carbonyl (C=O) groups is 1. The van der Waals surface area contributed by atoms with Gasteiger partial charge in [0.1, 0.15) is 5.75 Å². The van der Waals surface area contributed by atoms with Crippen molar-refractivity contribution in [2.45, 2.75) is 6.92 Å². The average molecular weight is 168 g/mol. The molecule has 2 nitrogen and oxygen atoms in total. The standard InChI is InChI=1S/C8H8O2S/c1-5-2-3-6(9)4-7(5)8(10)11/h2-4,9H,1H3,(H,10,11). The lowest BCUT2D eigenvalue weighted by molar-refractivity contribution is 0.109. The van der Waals surface area contributed by atoms with Gasteiger partial charge in [-0.25, -0.2) is 0 Å². The molecule has 0 saturated heterocycles. The van der Waals surface area contributed by atoms with E-state index < -0.39 is 0 Å². The molecule has 1 aromatic rings. The molecule has 1 aromatic carbocycles. The second-order valence-corrected chi connectivity index (χ2v) is 2.71. The number of aromatic hydroxyl groups is 1. The van der Waals surface area contributed by atoms with Gasteiger partial charge >= 0.3 is 0 Å². The van der Waals surface area contributed by atoms with Crippen LogP contribution in [0.3, 0.4) is 0 Å². The normalized spacial score (nSPS) is 9.64. The zero-order valence-corrected chi connectivity index (χ0v) is 6.93. The molecule has 0 aromatic heterocycles. The van der Waals surface area contributed by atoms with Crippen LogP contribution in [0.25, 0.3) is 0 Å². The molecule has 0 unspecified atom stereocenters. The molecule has 0 spiro atoms. The van der Waals surface area contributed by atoms with Crippen LogP contribution in [-0.2, 0) is 0 Å². The average Bonchev–Trinajstić information content (AvgIpc) is 1.94. The number of benzene rings is 1. The Balaban J connectivity index is 3.23. The molecular weight excluding hydrogens is 160 g/mol. The van der Waals surface area contributed by atoms with Gasteiger partial charge in [0.15, 0.2) is 0 Å². The van der Waals surface area contributed by atoms with E-state index in [4.69, 9.17) is 5.11 Å². The van der Waals surface area contributed by atoms with Gasteiger partial charge < -0.3 is 5.11 Å².